The Morgan fingerprint density at radius 3 is 1.84 bits per heavy atom. The van der Waals surface area contributed by atoms with Gasteiger partial charge in [-0.1, -0.05) is 37.6 Å². The van der Waals surface area contributed by atoms with Gasteiger partial charge in [-0.15, -0.1) is 13.2 Å². The molecule has 0 saturated carbocycles. The van der Waals surface area contributed by atoms with Crippen LogP contribution in [0.25, 0.3) is 0 Å². The van der Waals surface area contributed by atoms with E-state index in [0.29, 0.717) is 19.5 Å². The molecule has 2 N–H and O–H groups in total. The molecule has 0 spiro atoms. The molecule has 0 heterocycles. The first-order valence-corrected chi connectivity index (χ1v) is 12.8. The lowest BCUT2D eigenvalue weighted by atomic mass is 10.1. The topological polar surface area (TPSA) is 129 Å². The minimum atomic E-state index is -0.981. The number of rotatable bonds is 21. The minimum absolute atomic E-state index is 0.165. The maximum atomic E-state index is 12.1. The van der Waals surface area contributed by atoms with Crippen molar-refractivity contribution < 1.29 is 38.1 Å². The highest BCUT2D eigenvalue weighted by atomic mass is 16.6. The SMILES string of the molecule is C=CCCC(CCC(=C)C)OC(=O)NCCCCCCNC(=O)OC(COC(=O)C=C)COC(=O)C(=C)C. The number of hydrogen-bond donors (Lipinski definition) is 2. The molecule has 38 heavy (non-hydrogen) atoms. The molecule has 0 aliphatic heterocycles. The molecule has 0 radical (unpaired) electrons. The molecular weight excluding hydrogens is 492 g/mol. The smallest absolute Gasteiger partial charge is 0.407 e. The van der Waals surface area contributed by atoms with Gasteiger partial charge in [-0.05, 0) is 52.4 Å². The number of allylic oxidation sites excluding steroid dienone is 2. The van der Waals surface area contributed by atoms with Gasteiger partial charge in [0.25, 0.3) is 0 Å². The second-order valence-electron chi connectivity index (χ2n) is 8.90. The molecular formula is C28H44N2O8. The van der Waals surface area contributed by atoms with Crippen LogP contribution >= 0.6 is 0 Å². The molecule has 10 heteroatoms. The van der Waals surface area contributed by atoms with E-state index >= 15 is 0 Å². The summed E-state index contributed by atoms with van der Waals surface area (Å²) in [6.45, 7) is 18.1. The van der Waals surface area contributed by atoms with Crippen LogP contribution in [-0.4, -0.2) is 62.6 Å². The number of hydrogen-bond acceptors (Lipinski definition) is 8. The second-order valence-corrected chi connectivity index (χ2v) is 8.90. The van der Waals surface area contributed by atoms with Gasteiger partial charge < -0.3 is 29.6 Å². The minimum Gasteiger partial charge on any atom is -0.458 e. The molecule has 214 valence electrons. The van der Waals surface area contributed by atoms with Crippen molar-refractivity contribution in [1.82, 2.24) is 10.6 Å². The van der Waals surface area contributed by atoms with Crippen LogP contribution in [0.5, 0.6) is 0 Å². The fourth-order valence-electron chi connectivity index (χ4n) is 2.99. The predicted octanol–water partition coefficient (Wildman–Crippen LogP) is 4.91. The summed E-state index contributed by atoms with van der Waals surface area (Å²) in [6, 6.07) is 0. The molecule has 2 atom stereocenters. The summed E-state index contributed by atoms with van der Waals surface area (Å²) in [4.78, 5) is 47.0. The van der Waals surface area contributed by atoms with Crippen molar-refractivity contribution in [2.45, 2.75) is 77.4 Å². The molecule has 0 aromatic heterocycles. The summed E-state index contributed by atoms with van der Waals surface area (Å²) in [7, 11) is 0. The van der Waals surface area contributed by atoms with Crippen LogP contribution in [-0.2, 0) is 28.5 Å². The number of carbonyl (C=O) groups excluding carboxylic acids is 4. The van der Waals surface area contributed by atoms with E-state index in [0.717, 1.165) is 56.6 Å². The predicted molar refractivity (Wildman–Crippen MR) is 145 cm³/mol. The molecule has 0 rings (SSSR count). The van der Waals surface area contributed by atoms with Crippen molar-refractivity contribution in [2.75, 3.05) is 26.3 Å². The Hall–Kier alpha value is -3.56. The standard InChI is InChI=1S/C28H44N2O8/c1-7-9-14-23(16-15-21(3)4)37-27(33)29-17-12-10-11-13-18-30-28(34)38-24(19-35-25(31)8-2)20-36-26(32)22(5)6/h7-8,23-24H,1-3,5,9-20H2,4,6H3,(H,29,33)(H,30,34). The van der Waals surface area contributed by atoms with Crippen molar-refractivity contribution in [3.05, 3.63) is 49.6 Å². The lowest BCUT2D eigenvalue weighted by Crippen LogP contribution is -2.35. The van der Waals surface area contributed by atoms with Crippen LogP contribution in [0.2, 0.25) is 0 Å². The summed E-state index contributed by atoms with van der Waals surface area (Å²) in [5, 5.41) is 5.39. The largest absolute Gasteiger partial charge is 0.458 e. The average molecular weight is 537 g/mol. The van der Waals surface area contributed by atoms with Crippen LogP contribution in [0.3, 0.4) is 0 Å². The van der Waals surface area contributed by atoms with Gasteiger partial charge in [0.05, 0.1) is 0 Å². The van der Waals surface area contributed by atoms with Crippen molar-refractivity contribution in [3.63, 3.8) is 0 Å². The summed E-state index contributed by atoms with van der Waals surface area (Å²) >= 11 is 0. The maximum absolute atomic E-state index is 12.1. The first-order chi connectivity index (χ1) is 18.1. The molecule has 0 bridgehead atoms. The van der Waals surface area contributed by atoms with E-state index in [4.69, 9.17) is 18.9 Å². The Balaban J connectivity index is 4.15. The molecule has 0 aromatic carbocycles. The molecule has 2 unspecified atom stereocenters. The Bertz CT molecular complexity index is 809. The average Bonchev–Trinajstić information content (AvgIpc) is 2.87. The number of ether oxygens (including phenoxy) is 4. The molecule has 0 aliphatic carbocycles. The molecule has 0 aromatic rings. The highest BCUT2D eigenvalue weighted by Gasteiger charge is 2.19. The molecule has 10 nitrogen and oxygen atoms in total. The number of nitrogens with one attached hydrogen (secondary N) is 2. The second kappa shape index (κ2) is 21.5. The van der Waals surface area contributed by atoms with Crippen molar-refractivity contribution in [1.29, 1.82) is 0 Å². The van der Waals surface area contributed by atoms with Crippen molar-refractivity contribution in [3.8, 4) is 0 Å². The third kappa shape index (κ3) is 19.6. The van der Waals surface area contributed by atoms with Gasteiger partial charge in [0, 0.05) is 24.7 Å². The monoisotopic (exact) mass is 536 g/mol. The summed E-state index contributed by atoms with van der Waals surface area (Å²) in [5.74, 6) is -1.34. The van der Waals surface area contributed by atoms with Crippen molar-refractivity contribution in [2.24, 2.45) is 0 Å². The third-order valence-electron chi connectivity index (χ3n) is 5.10. The molecule has 0 fully saturated rings. The number of amides is 2. The number of unbranched alkanes of at least 4 members (excludes halogenated alkanes) is 3. The van der Waals surface area contributed by atoms with Crippen molar-refractivity contribution >= 4 is 24.1 Å². The number of alkyl carbamates (subject to hydrolysis) is 2. The number of esters is 2. The van der Waals surface area contributed by atoms with Gasteiger partial charge in [-0.3, -0.25) is 0 Å². The zero-order chi connectivity index (χ0) is 28.8. The van der Waals surface area contributed by atoms with E-state index in [1.807, 2.05) is 13.0 Å². The Morgan fingerprint density at radius 1 is 0.789 bits per heavy atom. The molecule has 2 amide bonds. The zero-order valence-corrected chi connectivity index (χ0v) is 22.9. The van der Waals surface area contributed by atoms with Gasteiger partial charge in [-0.25, -0.2) is 19.2 Å². The quantitative estimate of drug-likeness (QED) is 0.0696. The third-order valence-corrected chi connectivity index (χ3v) is 5.10. The van der Waals surface area contributed by atoms with Gasteiger partial charge in [0.15, 0.2) is 6.10 Å². The van der Waals surface area contributed by atoms with Gasteiger partial charge in [-0.2, -0.15) is 0 Å². The summed E-state index contributed by atoms with van der Waals surface area (Å²) < 4.78 is 20.6. The zero-order valence-electron chi connectivity index (χ0n) is 22.9. The highest BCUT2D eigenvalue weighted by Crippen LogP contribution is 2.13. The van der Waals surface area contributed by atoms with Crippen LogP contribution in [0.1, 0.15) is 65.2 Å². The molecule has 0 saturated heterocycles. The van der Waals surface area contributed by atoms with E-state index < -0.39 is 30.2 Å². The number of carbonyl (C=O) groups is 4. The Labute approximate surface area is 226 Å². The Morgan fingerprint density at radius 2 is 1.34 bits per heavy atom. The fourth-order valence-corrected chi connectivity index (χ4v) is 2.99. The van der Waals surface area contributed by atoms with E-state index in [-0.39, 0.29) is 24.9 Å². The molecule has 0 aliphatic rings. The Kier molecular flexibility index (Phi) is 19.5. The fraction of sp³-hybridized carbons (Fsp3) is 0.571. The normalized spacial score (nSPS) is 11.7. The highest BCUT2D eigenvalue weighted by molar-refractivity contribution is 5.87. The van der Waals surface area contributed by atoms with E-state index in [2.05, 4.69) is 36.9 Å². The van der Waals surface area contributed by atoms with Crippen LogP contribution in [0.4, 0.5) is 9.59 Å². The van der Waals surface area contributed by atoms with E-state index in [1.165, 1.54) is 6.92 Å². The lowest BCUT2D eigenvalue weighted by Gasteiger charge is -2.18. The summed E-state index contributed by atoms with van der Waals surface area (Å²) in [6.07, 6.45) is 6.71. The van der Waals surface area contributed by atoms with E-state index in [9.17, 15) is 19.2 Å². The summed E-state index contributed by atoms with van der Waals surface area (Å²) in [5.41, 5.74) is 1.24. The van der Waals surface area contributed by atoms with Crippen LogP contribution < -0.4 is 10.6 Å². The first-order valence-electron chi connectivity index (χ1n) is 12.8. The van der Waals surface area contributed by atoms with Gasteiger partial charge >= 0.3 is 24.1 Å². The van der Waals surface area contributed by atoms with E-state index in [1.54, 1.807) is 0 Å². The first kappa shape index (κ1) is 34.4. The van der Waals surface area contributed by atoms with Crippen LogP contribution in [0, 0.1) is 0 Å². The lowest BCUT2D eigenvalue weighted by molar-refractivity contribution is -0.147. The van der Waals surface area contributed by atoms with Crippen LogP contribution in [0.15, 0.2) is 49.6 Å². The maximum Gasteiger partial charge on any atom is 0.407 e. The van der Waals surface area contributed by atoms with Gasteiger partial charge in [0.1, 0.15) is 19.3 Å². The van der Waals surface area contributed by atoms with Gasteiger partial charge in [0.2, 0.25) is 0 Å².